The molecular formula is C14H20ClFN2. The molecular weight excluding hydrogens is 251 g/mol. The third-order valence-corrected chi connectivity index (χ3v) is 3.24. The number of allylic oxidation sites excluding steroid dienone is 1. The van der Waals surface area contributed by atoms with Crippen LogP contribution in [0.5, 0.6) is 0 Å². The quantitative estimate of drug-likeness (QED) is 0.323. The second-order valence-corrected chi connectivity index (χ2v) is 4.73. The predicted octanol–water partition coefficient (Wildman–Crippen LogP) is 4.12. The molecule has 0 bridgehead atoms. The topological polar surface area (TPSA) is 38.0 Å². The first-order chi connectivity index (χ1) is 8.69. The summed E-state index contributed by atoms with van der Waals surface area (Å²) in [5.74, 6) is 5.13. The Morgan fingerprint density at radius 1 is 1.39 bits per heavy atom. The average Bonchev–Trinajstić information content (AvgIpc) is 2.37. The summed E-state index contributed by atoms with van der Waals surface area (Å²) in [5.41, 5.74) is 3.68. The minimum atomic E-state index is -0.401. The Kier molecular flexibility index (Phi) is 6.94. The summed E-state index contributed by atoms with van der Waals surface area (Å²) < 4.78 is 13.1. The zero-order valence-electron chi connectivity index (χ0n) is 10.5. The van der Waals surface area contributed by atoms with E-state index in [1.165, 1.54) is 6.07 Å². The van der Waals surface area contributed by atoms with Crippen LogP contribution in [0.15, 0.2) is 30.9 Å². The predicted molar refractivity (Wildman–Crippen MR) is 74.8 cm³/mol. The van der Waals surface area contributed by atoms with Crippen LogP contribution in [0.3, 0.4) is 0 Å². The van der Waals surface area contributed by atoms with Crippen LogP contribution in [0.2, 0.25) is 5.02 Å². The molecule has 0 saturated heterocycles. The van der Waals surface area contributed by atoms with Crippen molar-refractivity contribution in [1.82, 2.24) is 5.43 Å². The van der Waals surface area contributed by atoms with Crippen molar-refractivity contribution in [2.45, 2.75) is 38.1 Å². The number of benzene rings is 1. The smallest absolute Gasteiger partial charge is 0.141 e. The number of nitrogens with two attached hydrogens (primary N) is 1. The molecule has 1 atom stereocenters. The van der Waals surface area contributed by atoms with Crippen LogP contribution in [0.1, 0.15) is 43.7 Å². The molecule has 0 aliphatic rings. The standard InChI is InChI=1S/C14H20ClFN2/c1-2-3-4-5-6-7-14(18-17)11-8-9-13(16)12(15)10-11/h2,8-10,14,18H,1,3-7,17H2. The lowest BCUT2D eigenvalue weighted by Crippen LogP contribution is -2.28. The molecule has 3 N–H and O–H groups in total. The van der Waals surface area contributed by atoms with E-state index in [2.05, 4.69) is 12.0 Å². The van der Waals surface area contributed by atoms with E-state index >= 15 is 0 Å². The molecule has 100 valence electrons. The maximum absolute atomic E-state index is 13.1. The Morgan fingerprint density at radius 3 is 2.78 bits per heavy atom. The Labute approximate surface area is 113 Å². The second-order valence-electron chi connectivity index (χ2n) is 4.32. The monoisotopic (exact) mass is 270 g/mol. The van der Waals surface area contributed by atoms with Crippen LogP contribution in [0.25, 0.3) is 0 Å². The minimum absolute atomic E-state index is 0.0202. The van der Waals surface area contributed by atoms with Gasteiger partial charge in [0, 0.05) is 6.04 Å². The molecule has 1 aromatic rings. The van der Waals surface area contributed by atoms with E-state index < -0.39 is 5.82 Å². The third-order valence-electron chi connectivity index (χ3n) is 2.95. The fraction of sp³-hybridized carbons (Fsp3) is 0.429. The molecule has 2 nitrogen and oxygen atoms in total. The molecule has 18 heavy (non-hydrogen) atoms. The highest BCUT2D eigenvalue weighted by atomic mass is 35.5. The first-order valence-corrected chi connectivity index (χ1v) is 6.58. The van der Waals surface area contributed by atoms with Gasteiger partial charge in [-0.3, -0.25) is 11.3 Å². The van der Waals surface area contributed by atoms with Gasteiger partial charge in [0.05, 0.1) is 5.02 Å². The minimum Gasteiger partial charge on any atom is -0.271 e. The molecule has 0 amide bonds. The van der Waals surface area contributed by atoms with Gasteiger partial charge in [-0.15, -0.1) is 6.58 Å². The number of hydrogen-bond acceptors (Lipinski definition) is 2. The van der Waals surface area contributed by atoms with E-state index in [0.29, 0.717) is 0 Å². The number of nitrogens with one attached hydrogen (secondary N) is 1. The summed E-state index contributed by atoms with van der Waals surface area (Å²) in [6.45, 7) is 3.69. The zero-order valence-corrected chi connectivity index (χ0v) is 11.2. The van der Waals surface area contributed by atoms with Gasteiger partial charge in [-0.2, -0.15) is 0 Å². The van der Waals surface area contributed by atoms with Crippen LogP contribution in [0, 0.1) is 5.82 Å². The van der Waals surface area contributed by atoms with E-state index in [1.807, 2.05) is 6.08 Å². The molecule has 1 rings (SSSR count). The van der Waals surface area contributed by atoms with E-state index in [0.717, 1.165) is 37.7 Å². The van der Waals surface area contributed by atoms with Crippen molar-refractivity contribution in [3.63, 3.8) is 0 Å². The highest BCUT2D eigenvalue weighted by Gasteiger charge is 2.11. The third kappa shape index (κ3) is 4.77. The molecule has 0 heterocycles. The summed E-state index contributed by atoms with van der Waals surface area (Å²) in [7, 11) is 0. The molecule has 0 aliphatic carbocycles. The van der Waals surface area contributed by atoms with Crippen molar-refractivity contribution in [2.75, 3.05) is 0 Å². The lowest BCUT2D eigenvalue weighted by Gasteiger charge is -2.16. The first-order valence-electron chi connectivity index (χ1n) is 6.21. The Bertz CT molecular complexity index is 382. The number of unbranched alkanes of at least 4 members (excludes halogenated alkanes) is 3. The van der Waals surface area contributed by atoms with Crippen LogP contribution < -0.4 is 11.3 Å². The Morgan fingerprint density at radius 2 is 2.17 bits per heavy atom. The largest absolute Gasteiger partial charge is 0.271 e. The molecule has 4 heteroatoms. The fourth-order valence-corrected chi connectivity index (χ4v) is 2.08. The molecule has 0 aromatic heterocycles. The van der Waals surface area contributed by atoms with Crippen LogP contribution in [0.4, 0.5) is 4.39 Å². The highest BCUT2D eigenvalue weighted by molar-refractivity contribution is 6.30. The van der Waals surface area contributed by atoms with Gasteiger partial charge in [0.2, 0.25) is 0 Å². The fourth-order valence-electron chi connectivity index (χ4n) is 1.89. The normalized spacial score (nSPS) is 12.4. The number of hydrogen-bond donors (Lipinski definition) is 2. The van der Waals surface area contributed by atoms with Crippen molar-refractivity contribution in [1.29, 1.82) is 0 Å². The van der Waals surface area contributed by atoms with E-state index in [4.69, 9.17) is 17.4 Å². The lowest BCUT2D eigenvalue weighted by molar-refractivity contribution is 0.483. The van der Waals surface area contributed by atoms with Gasteiger partial charge in [-0.25, -0.2) is 4.39 Å². The number of halogens is 2. The van der Waals surface area contributed by atoms with Crippen molar-refractivity contribution in [2.24, 2.45) is 5.84 Å². The summed E-state index contributed by atoms with van der Waals surface area (Å²) in [6, 6.07) is 4.74. The summed E-state index contributed by atoms with van der Waals surface area (Å²) in [4.78, 5) is 0. The molecule has 0 aliphatic heterocycles. The molecule has 0 radical (unpaired) electrons. The van der Waals surface area contributed by atoms with Crippen molar-refractivity contribution < 1.29 is 4.39 Å². The van der Waals surface area contributed by atoms with Crippen LogP contribution >= 0.6 is 11.6 Å². The van der Waals surface area contributed by atoms with Gasteiger partial charge in [0.25, 0.3) is 0 Å². The lowest BCUT2D eigenvalue weighted by atomic mass is 10.0. The van der Waals surface area contributed by atoms with Crippen molar-refractivity contribution >= 4 is 11.6 Å². The van der Waals surface area contributed by atoms with E-state index in [-0.39, 0.29) is 11.1 Å². The SMILES string of the molecule is C=CCCCCCC(NN)c1ccc(F)c(Cl)c1. The van der Waals surface area contributed by atoms with Gasteiger partial charge in [-0.05, 0) is 37.0 Å². The maximum Gasteiger partial charge on any atom is 0.141 e. The summed E-state index contributed by atoms with van der Waals surface area (Å²) >= 11 is 5.76. The molecule has 0 saturated carbocycles. The van der Waals surface area contributed by atoms with Gasteiger partial charge >= 0.3 is 0 Å². The summed E-state index contributed by atoms with van der Waals surface area (Å²) in [6.07, 6.45) is 7.24. The second kappa shape index (κ2) is 8.25. The van der Waals surface area contributed by atoms with Crippen LogP contribution in [-0.4, -0.2) is 0 Å². The zero-order chi connectivity index (χ0) is 13.4. The van der Waals surface area contributed by atoms with Gasteiger partial charge in [-0.1, -0.05) is 36.6 Å². The first kappa shape index (κ1) is 15.2. The molecule has 1 aromatic carbocycles. The van der Waals surface area contributed by atoms with Crippen molar-refractivity contribution in [3.8, 4) is 0 Å². The van der Waals surface area contributed by atoms with Gasteiger partial charge in [0.1, 0.15) is 5.82 Å². The Hall–Kier alpha value is -0.900. The molecule has 0 spiro atoms. The average molecular weight is 271 g/mol. The summed E-state index contributed by atoms with van der Waals surface area (Å²) in [5, 5.41) is 0.138. The highest BCUT2D eigenvalue weighted by Crippen LogP contribution is 2.24. The number of hydrazine groups is 1. The van der Waals surface area contributed by atoms with E-state index in [1.54, 1.807) is 12.1 Å². The molecule has 0 fully saturated rings. The Balaban J connectivity index is 2.49. The van der Waals surface area contributed by atoms with Crippen molar-refractivity contribution in [3.05, 3.63) is 47.3 Å². The molecule has 1 unspecified atom stereocenters. The maximum atomic E-state index is 13.1. The van der Waals surface area contributed by atoms with Gasteiger partial charge < -0.3 is 0 Å². The number of rotatable bonds is 8. The van der Waals surface area contributed by atoms with Gasteiger partial charge in [0.15, 0.2) is 0 Å². The van der Waals surface area contributed by atoms with Crippen LogP contribution in [-0.2, 0) is 0 Å². The van der Waals surface area contributed by atoms with E-state index in [9.17, 15) is 4.39 Å².